The van der Waals surface area contributed by atoms with Gasteiger partial charge in [-0.05, 0) is 60.2 Å². The third-order valence-corrected chi connectivity index (χ3v) is 10.6. The molecule has 0 atom stereocenters. The van der Waals surface area contributed by atoms with Crippen LogP contribution in [0.15, 0.2) is 194 Å². The third-order valence-electron chi connectivity index (χ3n) is 10.6. The molecule has 0 aliphatic rings. The molecular weight excluding hydrogens is 685 g/mol. The van der Waals surface area contributed by atoms with Gasteiger partial charge in [0, 0.05) is 62.0 Å². The quantitative estimate of drug-likeness (QED) is 0.172. The summed E-state index contributed by atoms with van der Waals surface area (Å²) in [5, 5.41) is 4.85. The van der Waals surface area contributed by atoms with Crippen molar-refractivity contribution in [2.75, 3.05) is 0 Å². The van der Waals surface area contributed by atoms with Gasteiger partial charge in [-0.1, -0.05) is 127 Å². The van der Waals surface area contributed by atoms with Gasteiger partial charge in [-0.15, -0.1) is 0 Å². The summed E-state index contributed by atoms with van der Waals surface area (Å²) in [5.41, 5.74) is 12.5. The average molecular weight is 717 g/mol. The zero-order valence-electron chi connectivity index (χ0n) is 30.2. The molecule has 0 radical (unpaired) electrons. The zero-order valence-corrected chi connectivity index (χ0v) is 30.2. The molecule has 0 amide bonds. The first-order valence-corrected chi connectivity index (χ1v) is 18.7. The molecule has 4 aromatic heterocycles. The minimum absolute atomic E-state index is 0.476. The van der Waals surface area contributed by atoms with E-state index in [2.05, 4.69) is 149 Å². The molecule has 0 unspecified atom stereocenters. The maximum Gasteiger partial charge on any atom is 0.198 e. The summed E-state index contributed by atoms with van der Waals surface area (Å²) < 4.78 is 4.74. The number of benzene rings is 7. The maximum absolute atomic E-state index is 4.92. The standard InChI is InChI=1S/C50H32N6/c1-3-14-33(15-4-1)43-30-44(34-16-5-2-6-17-34)54-50(53-43)49-51-31-36(32-52-49)35-26-27-48-42(28-35)41-22-9-12-25-47(41)56(48)38-19-13-18-37(29-38)55-45-23-10-7-20-39(45)40-21-8-11-24-46(40)55/h1-32H. The first kappa shape index (κ1) is 31.8. The molecule has 0 fully saturated rings. The second kappa shape index (κ2) is 13.0. The highest BCUT2D eigenvalue weighted by Gasteiger charge is 2.17. The topological polar surface area (TPSA) is 61.4 Å². The zero-order chi connectivity index (χ0) is 37.0. The van der Waals surface area contributed by atoms with Crippen LogP contribution in [0.2, 0.25) is 0 Å². The molecule has 0 aliphatic heterocycles. The molecule has 7 aromatic carbocycles. The lowest BCUT2D eigenvalue weighted by Gasteiger charge is -2.13. The van der Waals surface area contributed by atoms with Gasteiger partial charge >= 0.3 is 0 Å². The van der Waals surface area contributed by atoms with Gasteiger partial charge in [0.1, 0.15) is 0 Å². The first-order chi connectivity index (χ1) is 27.8. The predicted octanol–water partition coefficient (Wildman–Crippen LogP) is 12.1. The number of nitrogens with zero attached hydrogens (tertiary/aromatic N) is 6. The van der Waals surface area contributed by atoms with Crippen LogP contribution in [0.5, 0.6) is 0 Å². The third kappa shape index (κ3) is 5.27. The van der Waals surface area contributed by atoms with Crippen LogP contribution in [0, 0.1) is 0 Å². The van der Waals surface area contributed by atoms with Crippen molar-refractivity contribution in [2.45, 2.75) is 0 Å². The average Bonchev–Trinajstić information content (AvgIpc) is 3.80. The lowest BCUT2D eigenvalue weighted by atomic mass is 10.1. The van der Waals surface area contributed by atoms with Gasteiger partial charge in [-0.25, -0.2) is 19.9 Å². The van der Waals surface area contributed by atoms with Crippen LogP contribution in [0.25, 0.3) is 100 Å². The monoisotopic (exact) mass is 716 g/mol. The van der Waals surface area contributed by atoms with Gasteiger partial charge in [0.2, 0.25) is 0 Å². The van der Waals surface area contributed by atoms with Crippen LogP contribution in [0.3, 0.4) is 0 Å². The number of rotatable bonds is 6. The molecule has 56 heavy (non-hydrogen) atoms. The summed E-state index contributed by atoms with van der Waals surface area (Å²) in [6.07, 6.45) is 3.75. The van der Waals surface area contributed by atoms with E-state index in [9.17, 15) is 0 Å². The minimum atomic E-state index is 0.476. The van der Waals surface area contributed by atoms with E-state index < -0.39 is 0 Å². The molecule has 0 aliphatic carbocycles. The van der Waals surface area contributed by atoms with E-state index in [0.29, 0.717) is 11.6 Å². The normalized spacial score (nSPS) is 11.6. The number of para-hydroxylation sites is 3. The second-order valence-corrected chi connectivity index (χ2v) is 14.0. The minimum Gasteiger partial charge on any atom is -0.309 e. The molecule has 6 heteroatoms. The Hall–Kier alpha value is -7.70. The molecule has 0 bridgehead atoms. The molecule has 11 aromatic rings. The highest BCUT2D eigenvalue weighted by atomic mass is 15.0. The lowest BCUT2D eigenvalue weighted by Crippen LogP contribution is -1.99. The highest BCUT2D eigenvalue weighted by Crippen LogP contribution is 2.37. The SMILES string of the molecule is c1ccc(-c2cc(-c3ccccc3)nc(-c3ncc(-c4ccc5c(c4)c4ccccc4n5-c4cccc(-n5c6ccccc6c6ccccc65)c4)cn3)n2)cc1. The molecule has 0 N–H and O–H groups in total. The smallest absolute Gasteiger partial charge is 0.198 e. The van der Waals surface area contributed by atoms with Crippen molar-refractivity contribution < 1.29 is 0 Å². The molecule has 6 nitrogen and oxygen atoms in total. The van der Waals surface area contributed by atoms with Crippen LogP contribution >= 0.6 is 0 Å². The molecule has 0 saturated carbocycles. The Labute approximate surface area is 322 Å². The van der Waals surface area contributed by atoms with Crippen molar-refractivity contribution in [2.24, 2.45) is 0 Å². The Kier molecular flexibility index (Phi) is 7.38. The maximum atomic E-state index is 4.92. The molecule has 0 spiro atoms. The van der Waals surface area contributed by atoms with Crippen LogP contribution < -0.4 is 0 Å². The lowest BCUT2D eigenvalue weighted by molar-refractivity contribution is 1.08. The molecule has 4 heterocycles. The van der Waals surface area contributed by atoms with Crippen molar-refractivity contribution in [1.29, 1.82) is 0 Å². The summed E-state index contributed by atoms with van der Waals surface area (Å²) >= 11 is 0. The Balaban J connectivity index is 0.996. The van der Waals surface area contributed by atoms with E-state index in [1.54, 1.807) is 0 Å². The van der Waals surface area contributed by atoms with Gasteiger partial charge < -0.3 is 9.13 Å². The number of aromatic nitrogens is 6. The molecule has 262 valence electrons. The summed E-state index contributed by atoms with van der Waals surface area (Å²) in [4.78, 5) is 19.5. The van der Waals surface area contributed by atoms with Crippen molar-refractivity contribution in [3.8, 4) is 56.7 Å². The van der Waals surface area contributed by atoms with Gasteiger partial charge in [-0.2, -0.15) is 0 Å². The summed E-state index contributed by atoms with van der Waals surface area (Å²) in [7, 11) is 0. The number of hydrogen-bond donors (Lipinski definition) is 0. The van der Waals surface area contributed by atoms with Crippen molar-refractivity contribution in [1.82, 2.24) is 29.1 Å². The van der Waals surface area contributed by atoms with Crippen LogP contribution in [-0.4, -0.2) is 29.1 Å². The number of fused-ring (bicyclic) bond motifs is 6. The summed E-state index contributed by atoms with van der Waals surface area (Å²) in [6, 6.07) is 63.7. The van der Waals surface area contributed by atoms with Crippen LogP contribution in [0.1, 0.15) is 0 Å². The fourth-order valence-corrected chi connectivity index (χ4v) is 8.06. The summed E-state index contributed by atoms with van der Waals surface area (Å²) in [5.74, 6) is 0.961. The van der Waals surface area contributed by atoms with Gasteiger partial charge in [0.05, 0.1) is 33.5 Å². The van der Waals surface area contributed by atoms with E-state index in [4.69, 9.17) is 19.9 Å². The Bertz CT molecular complexity index is 3130. The van der Waals surface area contributed by atoms with Gasteiger partial charge in [0.15, 0.2) is 11.6 Å². The first-order valence-electron chi connectivity index (χ1n) is 18.7. The van der Waals surface area contributed by atoms with E-state index in [1.807, 2.05) is 54.9 Å². The second-order valence-electron chi connectivity index (χ2n) is 14.0. The highest BCUT2D eigenvalue weighted by molar-refractivity contribution is 6.11. The largest absolute Gasteiger partial charge is 0.309 e. The molecular formula is C50H32N6. The van der Waals surface area contributed by atoms with E-state index >= 15 is 0 Å². The predicted molar refractivity (Wildman–Crippen MR) is 228 cm³/mol. The fraction of sp³-hybridized carbons (Fsp3) is 0. The fourth-order valence-electron chi connectivity index (χ4n) is 8.06. The molecule has 0 saturated heterocycles. The van der Waals surface area contributed by atoms with Crippen molar-refractivity contribution in [3.05, 3.63) is 194 Å². The molecule has 11 rings (SSSR count). The summed E-state index contributed by atoms with van der Waals surface area (Å²) in [6.45, 7) is 0. The number of hydrogen-bond acceptors (Lipinski definition) is 4. The van der Waals surface area contributed by atoms with E-state index in [1.165, 1.54) is 27.2 Å². The van der Waals surface area contributed by atoms with Gasteiger partial charge in [0.25, 0.3) is 0 Å². The van der Waals surface area contributed by atoms with Gasteiger partial charge in [-0.3, -0.25) is 0 Å². The van der Waals surface area contributed by atoms with E-state index in [0.717, 1.165) is 61.4 Å². The van der Waals surface area contributed by atoms with E-state index in [-0.39, 0.29) is 0 Å². The Morgan fingerprint density at radius 2 is 0.768 bits per heavy atom. The Morgan fingerprint density at radius 1 is 0.304 bits per heavy atom. The Morgan fingerprint density at radius 3 is 1.30 bits per heavy atom. The van der Waals surface area contributed by atoms with Crippen LogP contribution in [0.4, 0.5) is 0 Å². The van der Waals surface area contributed by atoms with Crippen molar-refractivity contribution in [3.63, 3.8) is 0 Å². The van der Waals surface area contributed by atoms with Crippen molar-refractivity contribution >= 4 is 43.6 Å². The van der Waals surface area contributed by atoms with Crippen LogP contribution in [-0.2, 0) is 0 Å².